The molecule has 0 aliphatic heterocycles. The molecule has 0 amide bonds. The van der Waals surface area contributed by atoms with Gasteiger partial charge in [-0.3, -0.25) is 0 Å². The standard InChI is InChI=1S/C15H22O/c1-12(13-7-4-2-3-5-8-13)14-9-6-10-15(16)11-14/h6,9-13,16H,2-5,7-8H2,1H3. The Bertz CT molecular complexity index is 324. The second kappa shape index (κ2) is 5.38. The van der Waals surface area contributed by atoms with E-state index >= 15 is 0 Å². The maximum Gasteiger partial charge on any atom is 0.115 e. The van der Waals surface area contributed by atoms with Crippen molar-refractivity contribution in [3.05, 3.63) is 29.8 Å². The third-order valence-corrected chi connectivity index (χ3v) is 4.00. The van der Waals surface area contributed by atoms with Crippen LogP contribution >= 0.6 is 0 Å². The molecule has 1 aliphatic carbocycles. The summed E-state index contributed by atoms with van der Waals surface area (Å²) in [5.41, 5.74) is 1.30. The SMILES string of the molecule is CC(c1cccc(O)c1)C1CCCCCC1. The van der Waals surface area contributed by atoms with Crippen molar-refractivity contribution in [3.8, 4) is 5.75 Å². The third-order valence-electron chi connectivity index (χ3n) is 4.00. The van der Waals surface area contributed by atoms with Gasteiger partial charge in [0.1, 0.15) is 5.75 Å². The molecule has 1 heteroatoms. The fraction of sp³-hybridized carbons (Fsp3) is 0.600. The summed E-state index contributed by atoms with van der Waals surface area (Å²) in [6, 6.07) is 7.78. The van der Waals surface area contributed by atoms with Crippen LogP contribution in [0.5, 0.6) is 5.75 Å². The van der Waals surface area contributed by atoms with E-state index in [4.69, 9.17) is 0 Å². The van der Waals surface area contributed by atoms with Crippen molar-refractivity contribution in [2.75, 3.05) is 0 Å². The minimum atomic E-state index is 0.401. The summed E-state index contributed by atoms with van der Waals surface area (Å²) in [5, 5.41) is 9.52. The fourth-order valence-corrected chi connectivity index (χ4v) is 2.89. The molecule has 0 heterocycles. The molecule has 2 rings (SSSR count). The average molecular weight is 218 g/mol. The van der Waals surface area contributed by atoms with Crippen LogP contribution < -0.4 is 0 Å². The fourth-order valence-electron chi connectivity index (χ4n) is 2.89. The Hall–Kier alpha value is -0.980. The Morgan fingerprint density at radius 1 is 1.12 bits per heavy atom. The van der Waals surface area contributed by atoms with Crippen molar-refractivity contribution in [2.45, 2.75) is 51.4 Å². The molecule has 1 fully saturated rings. The molecule has 0 spiro atoms. The van der Waals surface area contributed by atoms with Gasteiger partial charge in [-0.2, -0.15) is 0 Å². The lowest BCUT2D eigenvalue weighted by molar-refractivity contribution is 0.392. The minimum absolute atomic E-state index is 0.401. The van der Waals surface area contributed by atoms with Crippen molar-refractivity contribution in [1.29, 1.82) is 0 Å². The van der Waals surface area contributed by atoms with Crippen LogP contribution in [0, 0.1) is 5.92 Å². The van der Waals surface area contributed by atoms with Gasteiger partial charge in [0.25, 0.3) is 0 Å². The zero-order valence-electron chi connectivity index (χ0n) is 10.2. The molecular formula is C15H22O. The minimum Gasteiger partial charge on any atom is -0.508 e. The molecule has 0 bridgehead atoms. The molecule has 1 N–H and O–H groups in total. The summed E-state index contributed by atoms with van der Waals surface area (Å²) in [5.74, 6) is 1.80. The normalized spacial score (nSPS) is 20.3. The Labute approximate surface area is 98.5 Å². The van der Waals surface area contributed by atoms with E-state index in [0.717, 1.165) is 5.92 Å². The predicted octanol–water partition coefficient (Wildman–Crippen LogP) is 4.47. The number of phenolic OH excluding ortho intramolecular Hbond substituents is 1. The third kappa shape index (κ3) is 2.78. The van der Waals surface area contributed by atoms with Gasteiger partial charge in [0.15, 0.2) is 0 Å². The Morgan fingerprint density at radius 3 is 2.44 bits per heavy atom. The number of aromatic hydroxyl groups is 1. The molecule has 1 atom stereocenters. The largest absolute Gasteiger partial charge is 0.508 e. The molecule has 1 saturated carbocycles. The topological polar surface area (TPSA) is 20.2 Å². The number of phenols is 1. The Morgan fingerprint density at radius 2 is 1.81 bits per heavy atom. The van der Waals surface area contributed by atoms with E-state index in [1.165, 1.54) is 44.1 Å². The van der Waals surface area contributed by atoms with E-state index in [-0.39, 0.29) is 0 Å². The van der Waals surface area contributed by atoms with E-state index in [0.29, 0.717) is 11.7 Å². The first kappa shape index (κ1) is 11.5. The van der Waals surface area contributed by atoms with Crippen LogP contribution in [0.25, 0.3) is 0 Å². The van der Waals surface area contributed by atoms with Crippen molar-refractivity contribution in [2.24, 2.45) is 5.92 Å². The lowest BCUT2D eigenvalue weighted by Crippen LogP contribution is -2.09. The number of hydrogen-bond donors (Lipinski definition) is 1. The zero-order valence-corrected chi connectivity index (χ0v) is 10.2. The summed E-state index contributed by atoms with van der Waals surface area (Å²) < 4.78 is 0. The highest BCUT2D eigenvalue weighted by atomic mass is 16.3. The van der Waals surface area contributed by atoms with Crippen LogP contribution in [0.2, 0.25) is 0 Å². The number of rotatable bonds is 2. The summed E-state index contributed by atoms with van der Waals surface area (Å²) in [6.07, 6.45) is 8.29. The molecule has 1 aromatic carbocycles. The predicted molar refractivity (Wildman–Crippen MR) is 67.7 cm³/mol. The van der Waals surface area contributed by atoms with Gasteiger partial charge in [0.2, 0.25) is 0 Å². The van der Waals surface area contributed by atoms with Gasteiger partial charge in [-0.05, 0) is 42.4 Å². The maximum atomic E-state index is 9.52. The van der Waals surface area contributed by atoms with Crippen LogP contribution in [-0.4, -0.2) is 5.11 Å². The Kier molecular flexibility index (Phi) is 3.87. The highest BCUT2D eigenvalue weighted by Crippen LogP contribution is 2.35. The van der Waals surface area contributed by atoms with Crippen molar-refractivity contribution < 1.29 is 5.11 Å². The number of hydrogen-bond acceptors (Lipinski definition) is 1. The molecule has 0 radical (unpaired) electrons. The first-order chi connectivity index (χ1) is 7.77. The second-order valence-corrected chi connectivity index (χ2v) is 5.14. The van der Waals surface area contributed by atoms with Crippen LogP contribution in [-0.2, 0) is 0 Å². The monoisotopic (exact) mass is 218 g/mol. The zero-order chi connectivity index (χ0) is 11.4. The summed E-state index contributed by atoms with van der Waals surface area (Å²) in [7, 11) is 0. The van der Waals surface area contributed by atoms with Crippen molar-refractivity contribution >= 4 is 0 Å². The average Bonchev–Trinajstić information content (AvgIpc) is 2.56. The highest BCUT2D eigenvalue weighted by molar-refractivity contribution is 5.29. The van der Waals surface area contributed by atoms with Crippen LogP contribution in [0.3, 0.4) is 0 Å². The first-order valence-electron chi connectivity index (χ1n) is 6.56. The summed E-state index contributed by atoms with van der Waals surface area (Å²) in [6.45, 7) is 2.31. The van der Waals surface area contributed by atoms with E-state index in [2.05, 4.69) is 13.0 Å². The van der Waals surface area contributed by atoms with Gasteiger partial charge in [-0.15, -0.1) is 0 Å². The smallest absolute Gasteiger partial charge is 0.115 e. The van der Waals surface area contributed by atoms with Crippen LogP contribution in [0.4, 0.5) is 0 Å². The number of benzene rings is 1. The van der Waals surface area contributed by atoms with Gasteiger partial charge < -0.3 is 5.11 Å². The first-order valence-corrected chi connectivity index (χ1v) is 6.56. The summed E-state index contributed by atoms with van der Waals surface area (Å²) in [4.78, 5) is 0. The van der Waals surface area contributed by atoms with Gasteiger partial charge in [0, 0.05) is 0 Å². The molecule has 1 aromatic rings. The summed E-state index contributed by atoms with van der Waals surface area (Å²) >= 11 is 0. The Balaban J connectivity index is 2.07. The van der Waals surface area contributed by atoms with E-state index in [1.807, 2.05) is 12.1 Å². The lowest BCUT2D eigenvalue weighted by atomic mass is 9.83. The molecule has 1 nitrogen and oxygen atoms in total. The lowest BCUT2D eigenvalue weighted by Gasteiger charge is -2.22. The molecule has 1 unspecified atom stereocenters. The van der Waals surface area contributed by atoms with Gasteiger partial charge in [0.05, 0.1) is 0 Å². The molecule has 0 aromatic heterocycles. The van der Waals surface area contributed by atoms with Gasteiger partial charge in [-0.25, -0.2) is 0 Å². The van der Waals surface area contributed by atoms with E-state index in [9.17, 15) is 5.11 Å². The quantitative estimate of drug-likeness (QED) is 0.726. The van der Waals surface area contributed by atoms with Crippen molar-refractivity contribution in [1.82, 2.24) is 0 Å². The van der Waals surface area contributed by atoms with Gasteiger partial charge >= 0.3 is 0 Å². The van der Waals surface area contributed by atoms with Crippen LogP contribution in [0.15, 0.2) is 24.3 Å². The highest BCUT2D eigenvalue weighted by Gasteiger charge is 2.20. The van der Waals surface area contributed by atoms with E-state index < -0.39 is 0 Å². The van der Waals surface area contributed by atoms with Crippen LogP contribution in [0.1, 0.15) is 56.9 Å². The molecule has 88 valence electrons. The van der Waals surface area contributed by atoms with E-state index in [1.54, 1.807) is 6.07 Å². The van der Waals surface area contributed by atoms with Crippen molar-refractivity contribution in [3.63, 3.8) is 0 Å². The molecule has 1 aliphatic rings. The molecule has 0 saturated heterocycles. The van der Waals surface area contributed by atoms with Gasteiger partial charge in [-0.1, -0.05) is 44.7 Å². The molecule has 16 heavy (non-hydrogen) atoms. The second-order valence-electron chi connectivity index (χ2n) is 5.14. The molecular weight excluding hydrogens is 196 g/mol. The maximum absolute atomic E-state index is 9.52.